The molecular formula is C15H22N2O2. The Balaban J connectivity index is 1.87. The Hall–Kier alpha value is -1.71. The summed E-state index contributed by atoms with van der Waals surface area (Å²) >= 11 is 0. The van der Waals surface area contributed by atoms with Gasteiger partial charge in [0.1, 0.15) is 0 Å². The Bertz CT molecular complexity index is 440. The lowest BCUT2D eigenvalue weighted by molar-refractivity contribution is 0.0601. The molecule has 1 saturated carbocycles. The van der Waals surface area contributed by atoms with Gasteiger partial charge in [0, 0.05) is 6.54 Å². The van der Waals surface area contributed by atoms with E-state index in [1.54, 1.807) is 12.1 Å². The average Bonchev–Trinajstić information content (AvgIpc) is 2.93. The number of hydrogen-bond donors (Lipinski definition) is 2. The third-order valence-corrected chi connectivity index (χ3v) is 3.82. The van der Waals surface area contributed by atoms with Gasteiger partial charge in [0.2, 0.25) is 0 Å². The lowest BCUT2D eigenvalue weighted by atomic mass is 10.0. The Kier molecular flexibility index (Phi) is 4.66. The van der Waals surface area contributed by atoms with E-state index in [-0.39, 0.29) is 5.97 Å². The Labute approximate surface area is 114 Å². The summed E-state index contributed by atoms with van der Waals surface area (Å²) in [7, 11) is 1.37. The maximum atomic E-state index is 11.4. The summed E-state index contributed by atoms with van der Waals surface area (Å²) in [5, 5.41) is 3.35. The SMILES string of the molecule is COC(=O)c1ccc(NCCC2CCCC2)c(N)c1. The molecule has 0 saturated heterocycles. The molecule has 0 unspecified atom stereocenters. The van der Waals surface area contributed by atoms with Crippen LogP contribution in [-0.2, 0) is 4.74 Å². The van der Waals surface area contributed by atoms with Crippen LogP contribution >= 0.6 is 0 Å². The Morgan fingerprint density at radius 2 is 2.16 bits per heavy atom. The van der Waals surface area contributed by atoms with E-state index in [2.05, 4.69) is 10.1 Å². The molecule has 0 radical (unpaired) electrons. The summed E-state index contributed by atoms with van der Waals surface area (Å²) in [4.78, 5) is 11.4. The van der Waals surface area contributed by atoms with E-state index >= 15 is 0 Å². The molecule has 1 fully saturated rings. The number of ether oxygens (including phenoxy) is 1. The fourth-order valence-electron chi connectivity index (χ4n) is 2.68. The zero-order valence-electron chi connectivity index (χ0n) is 11.4. The first kappa shape index (κ1) is 13.7. The molecule has 0 amide bonds. The highest BCUT2D eigenvalue weighted by Crippen LogP contribution is 2.28. The number of benzene rings is 1. The van der Waals surface area contributed by atoms with Crippen molar-refractivity contribution in [3.8, 4) is 0 Å². The van der Waals surface area contributed by atoms with Gasteiger partial charge in [-0.25, -0.2) is 4.79 Å². The normalized spacial score (nSPS) is 15.4. The van der Waals surface area contributed by atoms with Crippen LogP contribution in [0.25, 0.3) is 0 Å². The number of hydrogen-bond acceptors (Lipinski definition) is 4. The minimum absolute atomic E-state index is 0.357. The van der Waals surface area contributed by atoms with Crippen LogP contribution in [0.15, 0.2) is 18.2 Å². The number of nitrogen functional groups attached to an aromatic ring is 1. The van der Waals surface area contributed by atoms with Gasteiger partial charge in [-0.1, -0.05) is 25.7 Å². The second kappa shape index (κ2) is 6.45. The first-order valence-corrected chi connectivity index (χ1v) is 6.92. The highest BCUT2D eigenvalue weighted by Gasteiger charge is 2.14. The van der Waals surface area contributed by atoms with Crippen molar-refractivity contribution >= 4 is 17.3 Å². The Morgan fingerprint density at radius 1 is 1.42 bits per heavy atom. The van der Waals surface area contributed by atoms with Gasteiger partial charge >= 0.3 is 5.97 Å². The Morgan fingerprint density at radius 3 is 2.79 bits per heavy atom. The van der Waals surface area contributed by atoms with Crippen molar-refractivity contribution in [3.05, 3.63) is 23.8 Å². The first-order valence-electron chi connectivity index (χ1n) is 6.92. The fourth-order valence-corrected chi connectivity index (χ4v) is 2.68. The number of carbonyl (C=O) groups excluding carboxylic acids is 1. The number of methoxy groups -OCH3 is 1. The topological polar surface area (TPSA) is 64.3 Å². The molecule has 1 aromatic carbocycles. The number of nitrogens with one attached hydrogen (secondary N) is 1. The van der Waals surface area contributed by atoms with E-state index in [0.717, 1.165) is 18.2 Å². The zero-order chi connectivity index (χ0) is 13.7. The standard InChI is InChI=1S/C15H22N2O2/c1-19-15(18)12-6-7-14(13(16)10-12)17-9-8-11-4-2-3-5-11/h6-7,10-11,17H,2-5,8-9,16H2,1H3. The zero-order valence-corrected chi connectivity index (χ0v) is 11.4. The molecule has 1 aromatic rings. The molecule has 2 rings (SSSR count). The van der Waals surface area contributed by atoms with Crippen LogP contribution in [-0.4, -0.2) is 19.6 Å². The molecule has 4 heteroatoms. The van der Waals surface area contributed by atoms with Gasteiger partial charge < -0.3 is 15.8 Å². The van der Waals surface area contributed by atoms with E-state index in [9.17, 15) is 4.79 Å². The molecular weight excluding hydrogens is 240 g/mol. The van der Waals surface area contributed by atoms with E-state index in [0.29, 0.717) is 11.3 Å². The molecule has 3 N–H and O–H groups in total. The quantitative estimate of drug-likeness (QED) is 0.632. The van der Waals surface area contributed by atoms with Gasteiger partial charge in [0.05, 0.1) is 24.0 Å². The average molecular weight is 262 g/mol. The van der Waals surface area contributed by atoms with Gasteiger partial charge in [0.15, 0.2) is 0 Å². The molecule has 0 atom stereocenters. The molecule has 0 aromatic heterocycles. The van der Waals surface area contributed by atoms with Crippen LogP contribution in [0.5, 0.6) is 0 Å². The van der Waals surface area contributed by atoms with E-state index in [1.807, 2.05) is 6.07 Å². The third kappa shape index (κ3) is 3.63. The number of anilines is 2. The van der Waals surface area contributed by atoms with Gasteiger partial charge in [-0.15, -0.1) is 0 Å². The van der Waals surface area contributed by atoms with Crippen molar-refractivity contribution < 1.29 is 9.53 Å². The van der Waals surface area contributed by atoms with Crippen molar-refractivity contribution in [3.63, 3.8) is 0 Å². The number of rotatable bonds is 5. The minimum Gasteiger partial charge on any atom is -0.465 e. The molecule has 0 heterocycles. The molecule has 104 valence electrons. The fraction of sp³-hybridized carbons (Fsp3) is 0.533. The van der Waals surface area contributed by atoms with Gasteiger partial charge in [-0.2, -0.15) is 0 Å². The molecule has 19 heavy (non-hydrogen) atoms. The minimum atomic E-state index is -0.357. The van der Waals surface area contributed by atoms with Crippen LogP contribution in [0, 0.1) is 5.92 Å². The number of carbonyl (C=O) groups is 1. The second-order valence-electron chi connectivity index (χ2n) is 5.16. The van der Waals surface area contributed by atoms with E-state index in [4.69, 9.17) is 5.73 Å². The summed E-state index contributed by atoms with van der Waals surface area (Å²) in [6.45, 7) is 0.937. The molecule has 1 aliphatic carbocycles. The summed E-state index contributed by atoms with van der Waals surface area (Å²) in [5.41, 5.74) is 7.91. The summed E-state index contributed by atoms with van der Waals surface area (Å²) in [5.74, 6) is 0.507. The molecule has 0 bridgehead atoms. The van der Waals surface area contributed by atoms with Crippen molar-refractivity contribution in [2.75, 3.05) is 24.7 Å². The summed E-state index contributed by atoms with van der Waals surface area (Å²) in [6.07, 6.45) is 6.66. The van der Waals surface area contributed by atoms with Crippen LogP contribution in [0.4, 0.5) is 11.4 Å². The van der Waals surface area contributed by atoms with Crippen molar-refractivity contribution in [1.29, 1.82) is 0 Å². The van der Waals surface area contributed by atoms with Crippen LogP contribution in [0.3, 0.4) is 0 Å². The van der Waals surface area contributed by atoms with Crippen LogP contribution in [0.2, 0.25) is 0 Å². The van der Waals surface area contributed by atoms with Crippen molar-refractivity contribution in [2.24, 2.45) is 5.92 Å². The van der Waals surface area contributed by atoms with Gasteiger partial charge in [-0.05, 0) is 30.5 Å². The summed E-state index contributed by atoms with van der Waals surface area (Å²) in [6, 6.07) is 5.24. The number of esters is 1. The molecule has 0 aliphatic heterocycles. The lowest BCUT2D eigenvalue weighted by Gasteiger charge is -2.13. The smallest absolute Gasteiger partial charge is 0.337 e. The highest BCUT2D eigenvalue weighted by atomic mass is 16.5. The summed E-state index contributed by atoms with van der Waals surface area (Å²) < 4.78 is 4.66. The maximum Gasteiger partial charge on any atom is 0.337 e. The second-order valence-corrected chi connectivity index (χ2v) is 5.16. The van der Waals surface area contributed by atoms with Gasteiger partial charge in [0.25, 0.3) is 0 Å². The molecule has 1 aliphatic rings. The largest absolute Gasteiger partial charge is 0.465 e. The maximum absolute atomic E-state index is 11.4. The van der Waals surface area contributed by atoms with Gasteiger partial charge in [-0.3, -0.25) is 0 Å². The monoisotopic (exact) mass is 262 g/mol. The lowest BCUT2D eigenvalue weighted by Crippen LogP contribution is -2.09. The third-order valence-electron chi connectivity index (χ3n) is 3.82. The van der Waals surface area contributed by atoms with E-state index in [1.165, 1.54) is 39.2 Å². The first-order chi connectivity index (χ1) is 9.20. The molecule has 0 spiro atoms. The van der Waals surface area contributed by atoms with Crippen LogP contribution < -0.4 is 11.1 Å². The van der Waals surface area contributed by atoms with Crippen molar-refractivity contribution in [1.82, 2.24) is 0 Å². The predicted molar refractivity (Wildman–Crippen MR) is 77.3 cm³/mol. The predicted octanol–water partition coefficient (Wildman–Crippen LogP) is 3.05. The van der Waals surface area contributed by atoms with Crippen molar-refractivity contribution in [2.45, 2.75) is 32.1 Å². The molecule has 4 nitrogen and oxygen atoms in total. The van der Waals surface area contributed by atoms with Crippen LogP contribution in [0.1, 0.15) is 42.5 Å². The number of nitrogens with two attached hydrogens (primary N) is 1. The highest BCUT2D eigenvalue weighted by molar-refractivity contribution is 5.91. The van der Waals surface area contributed by atoms with E-state index < -0.39 is 0 Å².